The molecule has 0 saturated heterocycles. The van der Waals surface area contributed by atoms with Gasteiger partial charge in [0.15, 0.2) is 0 Å². The maximum absolute atomic E-state index is 6.16. The first-order chi connectivity index (χ1) is 6.33. The van der Waals surface area contributed by atoms with Crippen LogP contribution in [0.4, 0.5) is 0 Å². The first-order valence-corrected chi connectivity index (χ1v) is 5.15. The molecule has 1 aliphatic rings. The summed E-state index contributed by atoms with van der Waals surface area (Å²) in [6.45, 7) is 2.73. The van der Waals surface area contributed by atoms with Gasteiger partial charge < -0.3 is 4.74 Å². The molecule has 0 bridgehead atoms. The molecular formula is C11H13ClO. The molecule has 0 saturated carbocycles. The fourth-order valence-electron chi connectivity index (χ4n) is 1.86. The van der Waals surface area contributed by atoms with Gasteiger partial charge in [-0.15, -0.1) is 11.6 Å². The van der Waals surface area contributed by atoms with Crippen LogP contribution in [0.3, 0.4) is 0 Å². The van der Waals surface area contributed by atoms with Crippen LogP contribution in [0.15, 0.2) is 18.2 Å². The molecule has 0 heterocycles. The topological polar surface area (TPSA) is 9.23 Å². The van der Waals surface area contributed by atoms with Crippen molar-refractivity contribution in [2.45, 2.75) is 25.1 Å². The summed E-state index contributed by atoms with van der Waals surface area (Å²) in [6, 6.07) is 6.14. The number of benzene rings is 1. The molecule has 13 heavy (non-hydrogen) atoms. The molecule has 1 atom stereocenters. The van der Waals surface area contributed by atoms with Gasteiger partial charge in [-0.05, 0) is 37.0 Å². The first-order valence-electron chi connectivity index (χ1n) is 4.71. The second-order valence-electron chi connectivity index (χ2n) is 3.26. The third-order valence-corrected chi connectivity index (χ3v) is 2.91. The van der Waals surface area contributed by atoms with Crippen molar-refractivity contribution in [1.82, 2.24) is 0 Å². The largest absolute Gasteiger partial charge is 0.494 e. The third kappa shape index (κ3) is 1.53. The van der Waals surface area contributed by atoms with Crippen molar-refractivity contribution >= 4 is 11.6 Å². The summed E-state index contributed by atoms with van der Waals surface area (Å²) < 4.78 is 5.54. The predicted octanol–water partition coefficient (Wildman–Crippen LogP) is 3.31. The van der Waals surface area contributed by atoms with Gasteiger partial charge in [-0.3, -0.25) is 0 Å². The van der Waals surface area contributed by atoms with Gasteiger partial charge in [0.1, 0.15) is 5.75 Å². The molecule has 1 aromatic carbocycles. The molecule has 0 aromatic heterocycles. The zero-order valence-electron chi connectivity index (χ0n) is 7.72. The van der Waals surface area contributed by atoms with E-state index in [1.54, 1.807) is 0 Å². The summed E-state index contributed by atoms with van der Waals surface area (Å²) in [5, 5.41) is 0.190. The number of hydrogen-bond acceptors (Lipinski definition) is 1. The average Bonchev–Trinajstić information content (AvgIpc) is 2.50. The normalized spacial score (nSPS) is 20.0. The van der Waals surface area contributed by atoms with Gasteiger partial charge in [0.05, 0.1) is 12.0 Å². The van der Waals surface area contributed by atoms with E-state index in [4.69, 9.17) is 16.3 Å². The van der Waals surface area contributed by atoms with Crippen LogP contribution >= 0.6 is 11.6 Å². The number of halogens is 1. The van der Waals surface area contributed by atoms with E-state index in [2.05, 4.69) is 6.07 Å². The maximum Gasteiger partial charge on any atom is 0.122 e. The third-order valence-electron chi connectivity index (χ3n) is 2.45. The Bertz CT molecular complexity index is 309. The molecule has 0 aliphatic heterocycles. The molecule has 0 fully saturated rings. The Morgan fingerprint density at radius 3 is 3.15 bits per heavy atom. The smallest absolute Gasteiger partial charge is 0.122 e. The molecular weight excluding hydrogens is 184 g/mol. The number of rotatable bonds is 2. The van der Waals surface area contributed by atoms with E-state index >= 15 is 0 Å². The van der Waals surface area contributed by atoms with Crippen LogP contribution in [0.25, 0.3) is 0 Å². The second-order valence-corrected chi connectivity index (χ2v) is 3.79. The highest BCUT2D eigenvalue weighted by atomic mass is 35.5. The van der Waals surface area contributed by atoms with E-state index in [-0.39, 0.29) is 5.38 Å². The predicted molar refractivity (Wildman–Crippen MR) is 54.5 cm³/mol. The zero-order chi connectivity index (χ0) is 9.26. The monoisotopic (exact) mass is 196 g/mol. The summed E-state index contributed by atoms with van der Waals surface area (Å²) >= 11 is 6.16. The van der Waals surface area contributed by atoms with E-state index in [0.717, 1.165) is 25.2 Å². The maximum atomic E-state index is 6.16. The highest BCUT2D eigenvalue weighted by molar-refractivity contribution is 6.21. The van der Waals surface area contributed by atoms with Crippen LogP contribution in [0, 0.1) is 0 Å². The van der Waals surface area contributed by atoms with Crippen molar-refractivity contribution < 1.29 is 4.74 Å². The summed E-state index contributed by atoms with van der Waals surface area (Å²) in [5.74, 6) is 1.02. The summed E-state index contributed by atoms with van der Waals surface area (Å²) in [7, 11) is 0. The molecule has 1 nitrogen and oxygen atoms in total. The summed E-state index contributed by atoms with van der Waals surface area (Å²) in [5.41, 5.74) is 2.57. The Morgan fingerprint density at radius 1 is 1.54 bits per heavy atom. The molecule has 0 N–H and O–H groups in total. The fourth-order valence-corrected chi connectivity index (χ4v) is 2.17. The molecule has 70 valence electrons. The Balaban J connectivity index is 2.38. The standard InChI is InChI=1S/C11H13ClO/c1-2-13-11-5-3-4-8-9(11)6-7-10(8)12/h3-5,10H,2,6-7H2,1H3. The Hall–Kier alpha value is -0.690. The Labute approximate surface area is 83.7 Å². The minimum absolute atomic E-state index is 0.190. The first kappa shape index (κ1) is 8.89. The number of fused-ring (bicyclic) bond motifs is 1. The van der Waals surface area contributed by atoms with E-state index in [1.165, 1.54) is 11.1 Å². The lowest BCUT2D eigenvalue weighted by molar-refractivity contribution is 0.337. The van der Waals surface area contributed by atoms with Crippen molar-refractivity contribution in [2.24, 2.45) is 0 Å². The molecule has 0 amide bonds. The lowest BCUT2D eigenvalue weighted by atomic mass is 10.1. The molecule has 2 heteroatoms. The van der Waals surface area contributed by atoms with Crippen molar-refractivity contribution in [3.63, 3.8) is 0 Å². The highest BCUT2D eigenvalue weighted by Crippen LogP contribution is 2.40. The molecule has 1 unspecified atom stereocenters. The van der Waals surface area contributed by atoms with Gasteiger partial charge in [-0.2, -0.15) is 0 Å². The number of ether oxygens (including phenoxy) is 1. The van der Waals surface area contributed by atoms with E-state index in [0.29, 0.717) is 0 Å². The van der Waals surface area contributed by atoms with Gasteiger partial charge in [-0.25, -0.2) is 0 Å². The van der Waals surface area contributed by atoms with Crippen molar-refractivity contribution in [3.05, 3.63) is 29.3 Å². The van der Waals surface area contributed by atoms with Gasteiger partial charge in [-0.1, -0.05) is 12.1 Å². The second kappa shape index (κ2) is 3.59. The zero-order valence-corrected chi connectivity index (χ0v) is 8.47. The SMILES string of the molecule is CCOc1cccc2c1CCC2Cl. The quantitative estimate of drug-likeness (QED) is 0.660. The van der Waals surface area contributed by atoms with Gasteiger partial charge in [0.2, 0.25) is 0 Å². The Kier molecular flexibility index (Phi) is 2.45. The van der Waals surface area contributed by atoms with Crippen LogP contribution in [0.5, 0.6) is 5.75 Å². The lowest BCUT2D eigenvalue weighted by Crippen LogP contribution is -1.95. The van der Waals surface area contributed by atoms with E-state index in [9.17, 15) is 0 Å². The minimum Gasteiger partial charge on any atom is -0.494 e. The minimum atomic E-state index is 0.190. The number of hydrogen-bond donors (Lipinski definition) is 0. The molecule has 1 aromatic rings. The van der Waals surface area contributed by atoms with Gasteiger partial charge >= 0.3 is 0 Å². The van der Waals surface area contributed by atoms with Crippen molar-refractivity contribution in [2.75, 3.05) is 6.61 Å². The molecule has 0 spiro atoms. The lowest BCUT2D eigenvalue weighted by Gasteiger charge is -2.08. The molecule has 0 radical (unpaired) electrons. The summed E-state index contributed by atoms with van der Waals surface area (Å²) in [6.07, 6.45) is 2.10. The number of alkyl halides is 1. The van der Waals surface area contributed by atoms with Crippen LogP contribution in [-0.2, 0) is 6.42 Å². The van der Waals surface area contributed by atoms with Crippen LogP contribution in [0.1, 0.15) is 29.8 Å². The van der Waals surface area contributed by atoms with Crippen molar-refractivity contribution in [1.29, 1.82) is 0 Å². The molecule has 2 rings (SSSR count). The van der Waals surface area contributed by atoms with Gasteiger partial charge in [0, 0.05) is 0 Å². The fraction of sp³-hybridized carbons (Fsp3) is 0.455. The highest BCUT2D eigenvalue weighted by Gasteiger charge is 2.22. The average molecular weight is 197 g/mol. The van der Waals surface area contributed by atoms with Crippen molar-refractivity contribution in [3.8, 4) is 5.75 Å². The summed E-state index contributed by atoms with van der Waals surface area (Å²) in [4.78, 5) is 0. The van der Waals surface area contributed by atoms with Crippen LogP contribution in [-0.4, -0.2) is 6.61 Å². The van der Waals surface area contributed by atoms with E-state index < -0.39 is 0 Å². The Morgan fingerprint density at radius 2 is 2.38 bits per heavy atom. The molecule has 1 aliphatic carbocycles. The van der Waals surface area contributed by atoms with E-state index in [1.807, 2.05) is 19.1 Å². The van der Waals surface area contributed by atoms with Gasteiger partial charge in [0.25, 0.3) is 0 Å². The van der Waals surface area contributed by atoms with Crippen LogP contribution < -0.4 is 4.74 Å². The van der Waals surface area contributed by atoms with Crippen LogP contribution in [0.2, 0.25) is 0 Å².